The van der Waals surface area contributed by atoms with Crippen molar-refractivity contribution in [3.8, 4) is 0 Å². The van der Waals surface area contributed by atoms with Gasteiger partial charge in [0.1, 0.15) is 0 Å². The molecule has 0 aliphatic carbocycles. The summed E-state index contributed by atoms with van der Waals surface area (Å²) in [6.45, 7) is 0.248. The molecule has 1 rings (SSSR count). The van der Waals surface area contributed by atoms with Gasteiger partial charge in [-0.15, -0.1) is 0 Å². The van der Waals surface area contributed by atoms with Gasteiger partial charge in [0.25, 0.3) is 10.1 Å². The quantitative estimate of drug-likeness (QED) is 0.390. The summed E-state index contributed by atoms with van der Waals surface area (Å²) in [6.07, 6.45) is 0.715. The second-order valence-corrected chi connectivity index (χ2v) is 3.75. The maximum absolute atomic E-state index is 10.3. The van der Waals surface area contributed by atoms with Crippen LogP contribution in [0.5, 0.6) is 0 Å². The van der Waals surface area contributed by atoms with Crippen LogP contribution in [0.4, 0.5) is 0 Å². The average Bonchev–Trinajstić information content (AvgIpc) is 1.92. The third kappa shape index (κ3) is 10.8. The molecule has 76 valence electrons. The van der Waals surface area contributed by atoms with Gasteiger partial charge >= 0.3 is 0 Å². The maximum atomic E-state index is 10.3. The molecule has 2 amide bonds. The number of amides is 2. The smallest absolute Gasteiger partial charge is 0.261 e. The fourth-order valence-electron chi connectivity index (χ4n) is 0.483. The lowest BCUT2D eigenvalue weighted by atomic mass is 10.4. The molecule has 0 aromatic heterocycles. The number of hydrogen-bond donors (Lipinski definition) is 3. The first-order chi connectivity index (χ1) is 5.79. The van der Waals surface area contributed by atoms with Gasteiger partial charge in [0.05, 0.1) is 19.3 Å². The summed E-state index contributed by atoms with van der Waals surface area (Å²) >= 11 is 0. The van der Waals surface area contributed by atoms with E-state index in [2.05, 4.69) is 10.6 Å². The average molecular weight is 210 g/mol. The Balaban J connectivity index is 0.000000252. The molecule has 0 aromatic carbocycles. The van der Waals surface area contributed by atoms with Crippen molar-refractivity contribution in [1.29, 1.82) is 0 Å². The van der Waals surface area contributed by atoms with E-state index in [0.29, 0.717) is 6.26 Å². The number of carbonyl (C=O) groups is 2. The number of piperazine rings is 1. The van der Waals surface area contributed by atoms with Gasteiger partial charge in [-0.05, 0) is 0 Å². The Morgan fingerprint density at radius 2 is 1.38 bits per heavy atom. The molecule has 0 unspecified atom stereocenters. The SMILES string of the molecule is CS(=O)(=O)O.O=C1CNC(=O)CN1. The normalized spacial score (nSPS) is 16.5. The Bertz CT molecular complexity index is 260. The molecule has 7 nitrogen and oxygen atoms in total. The third-order valence-electron chi connectivity index (χ3n) is 0.892. The number of rotatable bonds is 0. The van der Waals surface area contributed by atoms with E-state index >= 15 is 0 Å². The fourth-order valence-corrected chi connectivity index (χ4v) is 0.483. The van der Waals surface area contributed by atoms with Crippen LogP contribution < -0.4 is 10.6 Å². The number of carbonyl (C=O) groups excluding carboxylic acids is 2. The molecule has 0 atom stereocenters. The largest absolute Gasteiger partial charge is 0.346 e. The van der Waals surface area contributed by atoms with Crippen LogP contribution in [0.2, 0.25) is 0 Å². The lowest BCUT2D eigenvalue weighted by Gasteiger charge is -2.10. The van der Waals surface area contributed by atoms with E-state index < -0.39 is 10.1 Å². The van der Waals surface area contributed by atoms with E-state index in [1.165, 1.54) is 0 Å². The molecule has 0 saturated carbocycles. The van der Waals surface area contributed by atoms with Crippen molar-refractivity contribution in [2.24, 2.45) is 0 Å². The van der Waals surface area contributed by atoms with E-state index in [1.807, 2.05) is 0 Å². The van der Waals surface area contributed by atoms with Gasteiger partial charge in [-0.1, -0.05) is 0 Å². The van der Waals surface area contributed by atoms with E-state index in [9.17, 15) is 18.0 Å². The van der Waals surface area contributed by atoms with Crippen molar-refractivity contribution in [2.45, 2.75) is 0 Å². The van der Waals surface area contributed by atoms with Gasteiger partial charge in [0, 0.05) is 0 Å². The highest BCUT2D eigenvalue weighted by Gasteiger charge is 2.11. The Morgan fingerprint density at radius 3 is 1.54 bits per heavy atom. The van der Waals surface area contributed by atoms with Crippen LogP contribution in [-0.4, -0.2) is 44.1 Å². The molecular weight excluding hydrogens is 200 g/mol. The van der Waals surface area contributed by atoms with Gasteiger partial charge in [0.15, 0.2) is 0 Å². The van der Waals surface area contributed by atoms with Crippen LogP contribution in [0.15, 0.2) is 0 Å². The van der Waals surface area contributed by atoms with Gasteiger partial charge in [0.2, 0.25) is 11.8 Å². The second kappa shape index (κ2) is 4.77. The molecule has 0 bridgehead atoms. The van der Waals surface area contributed by atoms with Crippen molar-refractivity contribution in [1.82, 2.24) is 10.6 Å². The molecule has 8 heteroatoms. The second-order valence-electron chi connectivity index (χ2n) is 2.29. The minimum atomic E-state index is -3.67. The number of nitrogens with one attached hydrogen (secondary N) is 2. The summed E-state index contributed by atoms with van der Waals surface area (Å²) in [5, 5.41) is 4.76. The van der Waals surface area contributed by atoms with Crippen molar-refractivity contribution >= 4 is 21.9 Å². The van der Waals surface area contributed by atoms with Crippen molar-refractivity contribution in [3.05, 3.63) is 0 Å². The molecular formula is C5H10N2O5S. The highest BCUT2D eigenvalue weighted by Crippen LogP contribution is 1.72. The molecule has 1 heterocycles. The van der Waals surface area contributed by atoms with Crippen molar-refractivity contribution in [2.75, 3.05) is 19.3 Å². The van der Waals surface area contributed by atoms with Crippen LogP contribution >= 0.6 is 0 Å². The molecule has 0 spiro atoms. The topological polar surface area (TPSA) is 113 Å². The van der Waals surface area contributed by atoms with Gasteiger partial charge in [-0.3, -0.25) is 14.1 Å². The van der Waals surface area contributed by atoms with Crippen LogP contribution in [0, 0.1) is 0 Å². The lowest BCUT2D eigenvalue weighted by Crippen LogP contribution is -2.48. The highest BCUT2D eigenvalue weighted by molar-refractivity contribution is 7.85. The van der Waals surface area contributed by atoms with Gasteiger partial charge in [-0.25, -0.2) is 0 Å². The predicted octanol–water partition coefficient (Wildman–Crippen LogP) is -2.26. The molecule has 0 radical (unpaired) electrons. The third-order valence-corrected chi connectivity index (χ3v) is 0.892. The van der Waals surface area contributed by atoms with Crippen LogP contribution in [0.1, 0.15) is 0 Å². The maximum Gasteiger partial charge on any atom is 0.261 e. The lowest BCUT2D eigenvalue weighted by molar-refractivity contribution is -0.130. The first-order valence-corrected chi connectivity index (χ1v) is 5.09. The Hall–Kier alpha value is -1.15. The van der Waals surface area contributed by atoms with E-state index in [0.717, 1.165) is 0 Å². The Kier molecular flexibility index (Phi) is 4.35. The van der Waals surface area contributed by atoms with Gasteiger partial charge in [-0.2, -0.15) is 8.42 Å². The van der Waals surface area contributed by atoms with Gasteiger partial charge < -0.3 is 10.6 Å². The number of hydrogen-bond acceptors (Lipinski definition) is 4. The molecule has 1 aliphatic rings. The predicted molar refractivity (Wildman–Crippen MR) is 43.5 cm³/mol. The zero-order valence-corrected chi connectivity index (χ0v) is 7.72. The summed E-state index contributed by atoms with van der Waals surface area (Å²) < 4.78 is 25.9. The van der Waals surface area contributed by atoms with E-state index in [4.69, 9.17) is 4.55 Å². The Morgan fingerprint density at radius 1 is 1.15 bits per heavy atom. The molecule has 1 fully saturated rings. The minimum absolute atomic E-state index is 0.121. The highest BCUT2D eigenvalue weighted by atomic mass is 32.2. The van der Waals surface area contributed by atoms with Crippen molar-refractivity contribution in [3.63, 3.8) is 0 Å². The molecule has 3 N–H and O–H groups in total. The standard InChI is InChI=1S/C4H6N2O2.CH4O3S/c7-3-1-5-4(8)2-6-3;1-5(2,3)4/h1-2H2,(H,5,8)(H,6,7);1H3,(H,2,3,4). The summed E-state index contributed by atoms with van der Waals surface area (Å²) in [4.78, 5) is 20.6. The van der Waals surface area contributed by atoms with Crippen molar-refractivity contribution < 1.29 is 22.6 Å². The minimum Gasteiger partial charge on any atom is -0.346 e. The summed E-state index contributed by atoms with van der Waals surface area (Å²) in [5.41, 5.74) is 0. The fraction of sp³-hybridized carbons (Fsp3) is 0.600. The van der Waals surface area contributed by atoms with Crippen LogP contribution in [-0.2, 0) is 19.7 Å². The zero-order valence-electron chi connectivity index (χ0n) is 6.90. The molecule has 13 heavy (non-hydrogen) atoms. The zero-order chi connectivity index (χ0) is 10.5. The summed E-state index contributed by atoms with van der Waals surface area (Å²) in [7, 11) is -3.67. The monoisotopic (exact) mass is 210 g/mol. The first kappa shape index (κ1) is 11.8. The van der Waals surface area contributed by atoms with E-state index in [-0.39, 0.29) is 24.9 Å². The first-order valence-electron chi connectivity index (χ1n) is 3.25. The molecule has 1 aliphatic heterocycles. The summed E-state index contributed by atoms with van der Waals surface area (Å²) in [5.74, 6) is -0.241. The summed E-state index contributed by atoms with van der Waals surface area (Å²) in [6, 6.07) is 0. The Labute approximate surface area is 75.3 Å². The van der Waals surface area contributed by atoms with E-state index in [1.54, 1.807) is 0 Å². The van der Waals surface area contributed by atoms with Crippen LogP contribution in [0.3, 0.4) is 0 Å². The molecule has 1 saturated heterocycles. The molecule has 0 aromatic rings. The van der Waals surface area contributed by atoms with Crippen LogP contribution in [0.25, 0.3) is 0 Å².